The van der Waals surface area contributed by atoms with Crippen molar-refractivity contribution >= 4 is 16.9 Å². The first kappa shape index (κ1) is 20.5. The van der Waals surface area contributed by atoms with E-state index in [0.717, 1.165) is 11.1 Å². The first-order valence-electron chi connectivity index (χ1n) is 10.1. The molecule has 156 valence electrons. The van der Waals surface area contributed by atoms with Gasteiger partial charge >= 0.3 is 0 Å². The number of rotatable bonds is 6. The van der Waals surface area contributed by atoms with Gasteiger partial charge in [0.15, 0.2) is 5.43 Å². The van der Waals surface area contributed by atoms with Gasteiger partial charge in [-0.15, -0.1) is 0 Å². The zero-order chi connectivity index (χ0) is 21.8. The van der Waals surface area contributed by atoms with E-state index in [1.807, 2.05) is 43.3 Å². The van der Waals surface area contributed by atoms with Crippen LogP contribution in [0.25, 0.3) is 11.0 Å². The summed E-state index contributed by atoms with van der Waals surface area (Å²) in [6.07, 6.45) is 1.55. The fourth-order valence-corrected chi connectivity index (χ4v) is 3.52. The van der Waals surface area contributed by atoms with Crippen LogP contribution in [0.15, 0.2) is 88.3 Å². The summed E-state index contributed by atoms with van der Waals surface area (Å²) in [4.78, 5) is 27.8. The largest absolute Gasteiger partial charge is 0.464 e. The molecule has 1 aromatic heterocycles. The Kier molecular flexibility index (Phi) is 5.94. The molecule has 4 aromatic rings. The van der Waals surface area contributed by atoms with Crippen LogP contribution >= 0.6 is 0 Å². The van der Waals surface area contributed by atoms with Gasteiger partial charge in [0.05, 0.1) is 30.2 Å². The van der Waals surface area contributed by atoms with Crippen molar-refractivity contribution in [3.63, 3.8) is 0 Å². The molecule has 0 spiro atoms. The van der Waals surface area contributed by atoms with Crippen molar-refractivity contribution in [1.82, 2.24) is 4.90 Å². The van der Waals surface area contributed by atoms with E-state index in [2.05, 4.69) is 0 Å². The molecule has 4 nitrogen and oxygen atoms in total. The lowest BCUT2D eigenvalue weighted by Crippen LogP contribution is -2.33. The maximum atomic E-state index is 13.2. The fraction of sp³-hybridized carbons (Fsp3) is 0.154. The van der Waals surface area contributed by atoms with Crippen LogP contribution in [0.5, 0.6) is 0 Å². The van der Waals surface area contributed by atoms with Gasteiger partial charge in [0.2, 0.25) is 5.91 Å². The third-order valence-electron chi connectivity index (χ3n) is 5.20. The minimum absolute atomic E-state index is 0.116. The molecule has 0 saturated carbocycles. The third kappa shape index (κ3) is 4.89. The molecule has 0 bridgehead atoms. The van der Waals surface area contributed by atoms with E-state index in [4.69, 9.17) is 4.42 Å². The predicted octanol–water partition coefficient (Wildman–Crippen LogP) is 5.01. The number of halogens is 1. The molecule has 3 aromatic carbocycles. The second-order valence-electron chi connectivity index (χ2n) is 7.63. The molecule has 0 fully saturated rings. The third-order valence-corrected chi connectivity index (χ3v) is 5.20. The molecule has 0 aliphatic rings. The van der Waals surface area contributed by atoms with Crippen LogP contribution in [0.4, 0.5) is 4.39 Å². The highest BCUT2D eigenvalue weighted by atomic mass is 19.1. The number of amides is 1. The van der Waals surface area contributed by atoms with Gasteiger partial charge in [0.25, 0.3) is 0 Å². The molecule has 5 heteroatoms. The second kappa shape index (κ2) is 8.96. The van der Waals surface area contributed by atoms with E-state index >= 15 is 0 Å². The molecule has 0 aliphatic carbocycles. The minimum Gasteiger partial charge on any atom is -0.464 e. The zero-order valence-electron chi connectivity index (χ0n) is 17.2. The van der Waals surface area contributed by atoms with Gasteiger partial charge in [-0.1, -0.05) is 54.1 Å². The van der Waals surface area contributed by atoms with E-state index in [0.29, 0.717) is 28.6 Å². The van der Waals surface area contributed by atoms with Crippen LogP contribution in [0.1, 0.15) is 22.3 Å². The monoisotopic (exact) mass is 415 g/mol. The number of benzene rings is 3. The topological polar surface area (TPSA) is 50.5 Å². The van der Waals surface area contributed by atoms with Crippen molar-refractivity contribution in [2.75, 3.05) is 0 Å². The molecule has 4 rings (SSSR count). The van der Waals surface area contributed by atoms with E-state index < -0.39 is 0 Å². The molecule has 31 heavy (non-hydrogen) atoms. The van der Waals surface area contributed by atoms with Crippen molar-refractivity contribution in [2.24, 2.45) is 0 Å². The molecule has 0 aliphatic heterocycles. The molecule has 0 saturated heterocycles. The average molecular weight is 415 g/mol. The number of aryl methyl sites for hydroxylation is 1. The van der Waals surface area contributed by atoms with Gasteiger partial charge in [-0.05, 0) is 42.3 Å². The van der Waals surface area contributed by atoms with Crippen molar-refractivity contribution in [2.45, 2.75) is 26.4 Å². The van der Waals surface area contributed by atoms with Crippen LogP contribution in [0.3, 0.4) is 0 Å². The Morgan fingerprint density at radius 3 is 2.42 bits per heavy atom. The smallest absolute Gasteiger partial charge is 0.227 e. The van der Waals surface area contributed by atoms with E-state index in [1.165, 1.54) is 18.4 Å². The number of nitrogens with zero attached hydrogens (tertiary/aromatic N) is 1. The first-order valence-corrected chi connectivity index (χ1v) is 10.1. The summed E-state index contributed by atoms with van der Waals surface area (Å²) >= 11 is 0. The Hall–Kier alpha value is -3.73. The lowest BCUT2D eigenvalue weighted by atomic mass is 10.1. The van der Waals surface area contributed by atoms with Crippen LogP contribution in [-0.2, 0) is 24.3 Å². The van der Waals surface area contributed by atoms with Crippen molar-refractivity contribution < 1.29 is 13.6 Å². The Morgan fingerprint density at radius 1 is 0.935 bits per heavy atom. The Balaban J connectivity index is 1.64. The molecule has 0 radical (unpaired) electrons. The fourth-order valence-electron chi connectivity index (χ4n) is 3.52. The van der Waals surface area contributed by atoms with Crippen LogP contribution in [0, 0.1) is 12.7 Å². The normalized spacial score (nSPS) is 10.9. The van der Waals surface area contributed by atoms with Gasteiger partial charge < -0.3 is 9.32 Å². The Bertz CT molecular complexity index is 1260. The van der Waals surface area contributed by atoms with Crippen LogP contribution < -0.4 is 5.43 Å². The lowest BCUT2D eigenvalue weighted by Gasteiger charge is -2.23. The van der Waals surface area contributed by atoms with E-state index in [9.17, 15) is 14.0 Å². The zero-order valence-corrected chi connectivity index (χ0v) is 17.2. The number of carbonyl (C=O) groups is 1. The van der Waals surface area contributed by atoms with Gasteiger partial charge in [-0.25, -0.2) is 4.39 Å². The number of hydrogen-bond acceptors (Lipinski definition) is 3. The summed E-state index contributed by atoms with van der Waals surface area (Å²) in [7, 11) is 0. The van der Waals surface area contributed by atoms with Crippen molar-refractivity contribution in [3.05, 3.63) is 117 Å². The highest BCUT2D eigenvalue weighted by molar-refractivity contribution is 5.80. The summed E-state index contributed by atoms with van der Waals surface area (Å²) in [5.41, 5.74) is 3.43. The van der Waals surface area contributed by atoms with Crippen molar-refractivity contribution in [1.29, 1.82) is 0 Å². The maximum absolute atomic E-state index is 13.2. The van der Waals surface area contributed by atoms with Gasteiger partial charge in [0, 0.05) is 6.54 Å². The van der Waals surface area contributed by atoms with Crippen molar-refractivity contribution in [3.8, 4) is 0 Å². The number of carbonyl (C=O) groups excluding carboxylic acids is 1. The van der Waals surface area contributed by atoms with Gasteiger partial charge in [0.1, 0.15) is 11.4 Å². The number of hydrogen-bond donors (Lipinski definition) is 0. The summed E-state index contributed by atoms with van der Waals surface area (Å²) in [5, 5.41) is 0.503. The highest BCUT2D eigenvalue weighted by Crippen LogP contribution is 2.16. The number of fused-ring (bicyclic) bond motifs is 1. The molecule has 0 atom stereocenters. The molecular weight excluding hydrogens is 393 g/mol. The molecule has 0 N–H and O–H groups in total. The first-order chi connectivity index (χ1) is 15.0. The Labute approximate surface area is 179 Å². The summed E-state index contributed by atoms with van der Waals surface area (Å²) in [6, 6.07) is 20.9. The summed E-state index contributed by atoms with van der Waals surface area (Å²) < 4.78 is 18.9. The molecule has 1 heterocycles. The second-order valence-corrected chi connectivity index (χ2v) is 7.63. The lowest BCUT2D eigenvalue weighted by molar-refractivity contribution is -0.131. The Morgan fingerprint density at radius 2 is 1.68 bits per heavy atom. The predicted molar refractivity (Wildman–Crippen MR) is 118 cm³/mol. The quantitative estimate of drug-likeness (QED) is 0.445. The maximum Gasteiger partial charge on any atom is 0.227 e. The molecule has 1 amide bonds. The van der Waals surface area contributed by atoms with E-state index in [1.54, 1.807) is 29.2 Å². The molecule has 0 unspecified atom stereocenters. The minimum atomic E-state index is -0.346. The standard InChI is InChI=1S/C26H22FNO3/c1-18-7-12-24-23(13-18)26(30)21(17-31-24)16-28(15-20-5-3-2-4-6-20)25(29)14-19-8-10-22(27)11-9-19/h2-13,17H,14-16H2,1H3. The molecular formula is C26H22FNO3. The van der Waals surface area contributed by atoms with E-state index in [-0.39, 0.29) is 30.1 Å². The van der Waals surface area contributed by atoms with Crippen LogP contribution in [-0.4, -0.2) is 10.8 Å². The average Bonchev–Trinajstić information content (AvgIpc) is 2.77. The summed E-state index contributed by atoms with van der Waals surface area (Å²) in [6.45, 7) is 2.40. The van der Waals surface area contributed by atoms with Gasteiger partial charge in [-0.3, -0.25) is 9.59 Å². The highest BCUT2D eigenvalue weighted by Gasteiger charge is 2.18. The van der Waals surface area contributed by atoms with Crippen LogP contribution in [0.2, 0.25) is 0 Å². The SMILES string of the molecule is Cc1ccc2occ(CN(Cc3ccccc3)C(=O)Cc3ccc(F)cc3)c(=O)c2c1. The van der Waals surface area contributed by atoms with Gasteiger partial charge in [-0.2, -0.15) is 0 Å². The summed E-state index contributed by atoms with van der Waals surface area (Å²) in [5.74, 6) is -0.499.